The standard InChI is InChI=1S/C20H13F4N3S/c21-16-8-12(7-15(10-16)20(22,23)24)11-26-19-27-17-2-1-14(9-18(17)28-19)13-3-5-25-6-4-13/h1-10H,11H2,(H,26,27). The summed E-state index contributed by atoms with van der Waals surface area (Å²) in [5.74, 6) is -0.919. The molecule has 2 aromatic heterocycles. The number of fused-ring (bicyclic) bond motifs is 1. The second-order valence-electron chi connectivity index (χ2n) is 6.14. The Kier molecular flexibility index (Phi) is 4.72. The number of nitrogens with one attached hydrogen (secondary N) is 1. The van der Waals surface area contributed by atoms with Gasteiger partial charge in [0.05, 0.1) is 15.8 Å². The molecule has 0 radical (unpaired) electrons. The van der Waals surface area contributed by atoms with Crippen molar-refractivity contribution in [1.29, 1.82) is 0 Å². The summed E-state index contributed by atoms with van der Waals surface area (Å²) in [6, 6.07) is 12.1. The third-order valence-corrected chi connectivity index (χ3v) is 5.11. The zero-order chi connectivity index (χ0) is 19.7. The van der Waals surface area contributed by atoms with E-state index in [2.05, 4.69) is 15.3 Å². The number of anilines is 1. The van der Waals surface area contributed by atoms with Gasteiger partial charge in [-0.3, -0.25) is 4.98 Å². The quantitative estimate of drug-likeness (QED) is 0.417. The lowest BCUT2D eigenvalue weighted by Gasteiger charge is -2.09. The predicted octanol–water partition coefficient (Wildman–Crippen LogP) is 6.13. The summed E-state index contributed by atoms with van der Waals surface area (Å²) in [4.78, 5) is 8.44. The molecule has 4 aromatic rings. The molecule has 28 heavy (non-hydrogen) atoms. The van der Waals surface area contributed by atoms with Crippen molar-refractivity contribution in [1.82, 2.24) is 9.97 Å². The van der Waals surface area contributed by atoms with E-state index in [0.717, 1.165) is 33.5 Å². The molecule has 2 heterocycles. The first-order valence-electron chi connectivity index (χ1n) is 8.30. The lowest BCUT2D eigenvalue weighted by molar-refractivity contribution is -0.137. The van der Waals surface area contributed by atoms with Gasteiger partial charge in [-0.2, -0.15) is 13.2 Å². The van der Waals surface area contributed by atoms with E-state index in [1.165, 1.54) is 11.3 Å². The van der Waals surface area contributed by atoms with E-state index in [9.17, 15) is 17.6 Å². The Labute approximate surface area is 161 Å². The lowest BCUT2D eigenvalue weighted by atomic mass is 10.1. The zero-order valence-electron chi connectivity index (χ0n) is 14.3. The van der Waals surface area contributed by atoms with E-state index in [1.54, 1.807) is 12.4 Å². The number of hydrogen-bond donors (Lipinski definition) is 1. The van der Waals surface area contributed by atoms with E-state index in [0.29, 0.717) is 11.2 Å². The molecule has 0 saturated heterocycles. The average molecular weight is 403 g/mol. The van der Waals surface area contributed by atoms with Gasteiger partial charge in [-0.15, -0.1) is 0 Å². The molecule has 1 N–H and O–H groups in total. The first-order chi connectivity index (χ1) is 13.4. The second kappa shape index (κ2) is 7.20. The molecule has 0 amide bonds. The van der Waals surface area contributed by atoms with Crippen LogP contribution in [-0.2, 0) is 12.7 Å². The zero-order valence-corrected chi connectivity index (χ0v) is 15.1. The summed E-state index contributed by atoms with van der Waals surface area (Å²) in [6.07, 6.45) is -1.16. The Morgan fingerprint density at radius 2 is 1.71 bits per heavy atom. The largest absolute Gasteiger partial charge is 0.416 e. The van der Waals surface area contributed by atoms with Gasteiger partial charge >= 0.3 is 6.18 Å². The number of nitrogens with zero attached hydrogens (tertiary/aromatic N) is 2. The Balaban J connectivity index is 1.55. The molecule has 0 aliphatic rings. The molecular formula is C20H13F4N3S. The third-order valence-electron chi connectivity index (χ3n) is 4.13. The maximum Gasteiger partial charge on any atom is 0.416 e. The van der Waals surface area contributed by atoms with Crippen molar-refractivity contribution in [2.75, 3.05) is 5.32 Å². The van der Waals surface area contributed by atoms with Gasteiger partial charge in [0.25, 0.3) is 0 Å². The van der Waals surface area contributed by atoms with Crippen LogP contribution in [0.1, 0.15) is 11.1 Å². The van der Waals surface area contributed by atoms with Crippen LogP contribution in [-0.4, -0.2) is 9.97 Å². The van der Waals surface area contributed by atoms with Crippen LogP contribution in [0.2, 0.25) is 0 Å². The molecule has 142 valence electrons. The summed E-state index contributed by atoms with van der Waals surface area (Å²) >= 11 is 1.39. The van der Waals surface area contributed by atoms with Gasteiger partial charge < -0.3 is 5.32 Å². The first-order valence-corrected chi connectivity index (χ1v) is 9.12. The van der Waals surface area contributed by atoms with Gasteiger partial charge in [0.15, 0.2) is 5.13 Å². The summed E-state index contributed by atoms with van der Waals surface area (Å²) in [5.41, 5.74) is 2.02. The van der Waals surface area contributed by atoms with Gasteiger partial charge in [-0.05, 0) is 59.2 Å². The van der Waals surface area contributed by atoms with Crippen molar-refractivity contribution < 1.29 is 17.6 Å². The molecule has 0 aliphatic carbocycles. The Hall–Kier alpha value is -3.00. The molecule has 0 aliphatic heterocycles. The van der Waals surface area contributed by atoms with Crippen molar-refractivity contribution in [2.24, 2.45) is 0 Å². The molecule has 0 atom stereocenters. The van der Waals surface area contributed by atoms with Crippen molar-refractivity contribution >= 4 is 26.7 Å². The smallest absolute Gasteiger partial charge is 0.357 e. The SMILES string of the molecule is Fc1cc(CNc2nc3ccc(-c4ccncc4)cc3s2)cc(C(F)(F)F)c1. The molecule has 8 heteroatoms. The molecular weight excluding hydrogens is 390 g/mol. The normalized spacial score (nSPS) is 11.7. The summed E-state index contributed by atoms with van der Waals surface area (Å²) < 4.78 is 52.9. The minimum atomic E-state index is -4.59. The second-order valence-corrected chi connectivity index (χ2v) is 7.17. The summed E-state index contributed by atoms with van der Waals surface area (Å²) in [6.45, 7) is 0.0396. The van der Waals surface area contributed by atoms with Crippen LogP contribution in [0.15, 0.2) is 60.9 Å². The highest BCUT2D eigenvalue weighted by atomic mass is 32.1. The average Bonchev–Trinajstić information content (AvgIpc) is 3.08. The maximum absolute atomic E-state index is 13.5. The Morgan fingerprint density at radius 1 is 0.929 bits per heavy atom. The number of pyridine rings is 1. The number of benzene rings is 2. The summed E-state index contributed by atoms with van der Waals surface area (Å²) in [5, 5.41) is 3.53. The molecule has 0 saturated carbocycles. The minimum Gasteiger partial charge on any atom is -0.357 e. The number of aromatic nitrogens is 2. The molecule has 4 rings (SSSR count). The van der Waals surface area contributed by atoms with Crippen LogP contribution < -0.4 is 5.32 Å². The van der Waals surface area contributed by atoms with E-state index >= 15 is 0 Å². The van der Waals surface area contributed by atoms with E-state index in [1.807, 2.05) is 30.3 Å². The molecule has 0 unspecified atom stereocenters. The Morgan fingerprint density at radius 3 is 2.46 bits per heavy atom. The van der Waals surface area contributed by atoms with E-state index in [4.69, 9.17) is 0 Å². The highest BCUT2D eigenvalue weighted by Gasteiger charge is 2.31. The fourth-order valence-electron chi connectivity index (χ4n) is 2.82. The number of rotatable bonds is 4. The summed E-state index contributed by atoms with van der Waals surface area (Å²) in [7, 11) is 0. The van der Waals surface area contributed by atoms with E-state index < -0.39 is 17.6 Å². The van der Waals surface area contributed by atoms with Gasteiger partial charge in [0, 0.05) is 18.9 Å². The van der Waals surface area contributed by atoms with Gasteiger partial charge in [-0.25, -0.2) is 9.37 Å². The van der Waals surface area contributed by atoms with Crippen LogP contribution >= 0.6 is 11.3 Å². The van der Waals surface area contributed by atoms with Crippen LogP contribution in [0.5, 0.6) is 0 Å². The van der Waals surface area contributed by atoms with E-state index in [-0.39, 0.29) is 12.1 Å². The maximum atomic E-state index is 13.5. The molecule has 0 fully saturated rings. The topological polar surface area (TPSA) is 37.8 Å². The monoisotopic (exact) mass is 403 g/mol. The number of thiazole rings is 1. The predicted molar refractivity (Wildman–Crippen MR) is 102 cm³/mol. The first kappa shape index (κ1) is 18.4. The highest BCUT2D eigenvalue weighted by molar-refractivity contribution is 7.22. The van der Waals surface area contributed by atoms with Crippen LogP contribution in [0.3, 0.4) is 0 Å². The minimum absolute atomic E-state index is 0.0396. The van der Waals surface area contributed by atoms with Crippen molar-refractivity contribution in [3.05, 3.63) is 77.9 Å². The molecule has 0 bridgehead atoms. The fraction of sp³-hybridized carbons (Fsp3) is 0.100. The van der Waals surface area contributed by atoms with Crippen molar-refractivity contribution in [3.63, 3.8) is 0 Å². The number of halogens is 4. The van der Waals surface area contributed by atoms with Crippen LogP contribution in [0.4, 0.5) is 22.7 Å². The van der Waals surface area contributed by atoms with Gasteiger partial charge in [0.1, 0.15) is 5.82 Å². The number of hydrogen-bond acceptors (Lipinski definition) is 4. The van der Waals surface area contributed by atoms with Crippen molar-refractivity contribution in [2.45, 2.75) is 12.7 Å². The van der Waals surface area contributed by atoms with Gasteiger partial charge in [0.2, 0.25) is 0 Å². The van der Waals surface area contributed by atoms with Crippen LogP contribution in [0.25, 0.3) is 21.3 Å². The lowest BCUT2D eigenvalue weighted by Crippen LogP contribution is -2.08. The molecule has 0 spiro atoms. The van der Waals surface area contributed by atoms with Gasteiger partial charge in [-0.1, -0.05) is 17.4 Å². The number of alkyl halides is 3. The molecule has 2 aromatic carbocycles. The highest BCUT2D eigenvalue weighted by Crippen LogP contribution is 2.32. The molecule has 3 nitrogen and oxygen atoms in total. The van der Waals surface area contributed by atoms with Crippen LogP contribution in [0, 0.1) is 5.82 Å². The third kappa shape index (κ3) is 3.96. The Bertz CT molecular complexity index is 1120. The van der Waals surface area contributed by atoms with Crippen molar-refractivity contribution in [3.8, 4) is 11.1 Å². The fourth-order valence-corrected chi connectivity index (χ4v) is 3.72.